The van der Waals surface area contributed by atoms with E-state index in [-0.39, 0.29) is 35.6 Å². The number of fused-ring (bicyclic) bond motifs is 1. The van der Waals surface area contributed by atoms with Gasteiger partial charge in [0.1, 0.15) is 16.5 Å². The van der Waals surface area contributed by atoms with Gasteiger partial charge in [-0.25, -0.2) is 9.97 Å². The van der Waals surface area contributed by atoms with Crippen LogP contribution in [0.25, 0.3) is 22.3 Å². The number of hydrogen-bond donors (Lipinski definition) is 2. The third kappa shape index (κ3) is 6.96. The summed E-state index contributed by atoms with van der Waals surface area (Å²) in [5.41, 5.74) is 5.64. The quantitative estimate of drug-likeness (QED) is 0.168. The molecule has 2 N–H and O–H groups in total. The molecule has 5 unspecified atom stereocenters. The fourth-order valence-corrected chi connectivity index (χ4v) is 9.35. The van der Waals surface area contributed by atoms with Crippen LogP contribution in [-0.2, 0) is 14.5 Å². The van der Waals surface area contributed by atoms with Crippen molar-refractivity contribution in [1.82, 2.24) is 29.7 Å². The highest BCUT2D eigenvalue weighted by molar-refractivity contribution is 8.00. The number of H-pyrrole nitrogens is 2. The highest BCUT2D eigenvalue weighted by Crippen LogP contribution is 2.47. The van der Waals surface area contributed by atoms with Gasteiger partial charge in [0, 0.05) is 42.1 Å². The van der Waals surface area contributed by atoms with Gasteiger partial charge in [0.15, 0.2) is 0 Å². The number of aromatic amines is 2. The Bertz CT molecular complexity index is 1940. The van der Waals surface area contributed by atoms with Crippen molar-refractivity contribution < 1.29 is 9.59 Å². The van der Waals surface area contributed by atoms with E-state index in [0.717, 1.165) is 90.3 Å². The Balaban J connectivity index is 1.15. The average Bonchev–Trinajstić information content (AvgIpc) is 3.92. The SMILES string of the molecule is CCC(C)C(=O)N1CCCC1(SC)c1nc2ccc(C#Cc3ccc(-c4cnc(C5CCCN(C(=O)C(C)(SC)C(C)C)C5C)[nH]4)cc3)cc2[nH]1. The molecule has 0 aliphatic carbocycles. The molecule has 2 amide bonds. The van der Waals surface area contributed by atoms with Crippen LogP contribution in [0.5, 0.6) is 0 Å². The number of thioether (sulfide) groups is 2. The molecule has 0 radical (unpaired) electrons. The summed E-state index contributed by atoms with van der Waals surface area (Å²) in [5, 5.41) is 0. The third-order valence-electron chi connectivity index (χ3n) is 11.5. The maximum Gasteiger partial charge on any atom is 0.239 e. The maximum absolute atomic E-state index is 13.7. The number of imidazole rings is 2. The summed E-state index contributed by atoms with van der Waals surface area (Å²) >= 11 is 3.35. The van der Waals surface area contributed by atoms with Gasteiger partial charge in [0.25, 0.3) is 0 Å². The summed E-state index contributed by atoms with van der Waals surface area (Å²) in [4.78, 5) is 47.6. The molecule has 8 nitrogen and oxygen atoms in total. The molecular weight excluding hydrogens is 673 g/mol. The fraction of sp³-hybridized carbons (Fsp3) is 0.512. The second-order valence-corrected chi connectivity index (χ2v) is 17.0. The molecule has 51 heavy (non-hydrogen) atoms. The minimum atomic E-state index is -0.472. The van der Waals surface area contributed by atoms with Crippen molar-refractivity contribution in [2.24, 2.45) is 11.8 Å². The molecule has 2 aliphatic heterocycles. The van der Waals surface area contributed by atoms with Crippen LogP contribution in [0.3, 0.4) is 0 Å². The first-order valence-electron chi connectivity index (χ1n) is 18.4. The molecule has 4 heterocycles. The average molecular weight is 725 g/mol. The molecule has 0 bridgehead atoms. The van der Waals surface area contributed by atoms with Crippen LogP contribution in [0.1, 0.15) is 102 Å². The Morgan fingerprint density at radius 1 is 1.04 bits per heavy atom. The molecule has 270 valence electrons. The second-order valence-electron chi connectivity index (χ2n) is 14.7. The fourth-order valence-electron chi connectivity index (χ4n) is 7.55. The molecule has 4 aromatic rings. The minimum Gasteiger partial charge on any atom is -0.342 e. The smallest absolute Gasteiger partial charge is 0.239 e. The first-order valence-corrected chi connectivity index (χ1v) is 20.8. The number of piperidine rings is 1. The van der Waals surface area contributed by atoms with Crippen molar-refractivity contribution in [3.63, 3.8) is 0 Å². The summed E-state index contributed by atoms with van der Waals surface area (Å²) in [7, 11) is 0. The number of hydrogen-bond acceptors (Lipinski definition) is 6. The first-order chi connectivity index (χ1) is 24.4. The number of benzene rings is 2. The molecule has 2 aromatic carbocycles. The zero-order valence-electron chi connectivity index (χ0n) is 31.3. The van der Waals surface area contributed by atoms with Crippen LogP contribution in [0.15, 0.2) is 48.7 Å². The number of rotatable bonds is 9. The van der Waals surface area contributed by atoms with E-state index in [4.69, 9.17) is 9.97 Å². The van der Waals surface area contributed by atoms with Gasteiger partial charge in [-0.2, -0.15) is 0 Å². The van der Waals surface area contributed by atoms with Crippen LogP contribution in [-0.4, -0.2) is 77.9 Å². The van der Waals surface area contributed by atoms with Gasteiger partial charge in [-0.3, -0.25) is 9.59 Å². The first kappa shape index (κ1) is 37.1. The minimum absolute atomic E-state index is 0.00624. The van der Waals surface area contributed by atoms with E-state index in [2.05, 4.69) is 85.8 Å². The van der Waals surface area contributed by atoms with E-state index in [1.807, 2.05) is 48.5 Å². The summed E-state index contributed by atoms with van der Waals surface area (Å²) in [5.74, 6) is 9.28. The van der Waals surface area contributed by atoms with E-state index >= 15 is 0 Å². The molecule has 2 fully saturated rings. The predicted octanol–water partition coefficient (Wildman–Crippen LogP) is 8.41. The van der Waals surface area contributed by atoms with Crippen LogP contribution in [0.4, 0.5) is 0 Å². The topological polar surface area (TPSA) is 98.0 Å². The van der Waals surface area contributed by atoms with Gasteiger partial charge < -0.3 is 19.8 Å². The highest BCUT2D eigenvalue weighted by Gasteiger charge is 2.48. The number of nitrogens with one attached hydrogen (secondary N) is 2. The van der Waals surface area contributed by atoms with Crippen molar-refractivity contribution in [1.29, 1.82) is 0 Å². The highest BCUT2D eigenvalue weighted by atomic mass is 32.2. The lowest BCUT2D eigenvalue weighted by Crippen LogP contribution is -2.54. The Morgan fingerprint density at radius 3 is 2.45 bits per heavy atom. The largest absolute Gasteiger partial charge is 0.342 e. The molecule has 5 atom stereocenters. The zero-order valence-corrected chi connectivity index (χ0v) is 32.9. The summed E-state index contributed by atoms with van der Waals surface area (Å²) in [6.07, 6.45) is 10.7. The van der Waals surface area contributed by atoms with Crippen molar-refractivity contribution in [3.8, 4) is 23.1 Å². The van der Waals surface area contributed by atoms with Crippen molar-refractivity contribution in [2.75, 3.05) is 25.6 Å². The summed E-state index contributed by atoms with van der Waals surface area (Å²) < 4.78 is -0.436. The predicted molar refractivity (Wildman–Crippen MR) is 212 cm³/mol. The number of carbonyl (C=O) groups excluding carboxylic acids is 2. The molecule has 0 saturated carbocycles. The number of carbonyl (C=O) groups is 2. The molecule has 2 aliphatic rings. The molecule has 6 rings (SSSR count). The van der Waals surface area contributed by atoms with Gasteiger partial charge in [-0.15, -0.1) is 23.5 Å². The normalized spacial score (nSPS) is 22.5. The Morgan fingerprint density at radius 2 is 1.76 bits per heavy atom. The van der Waals surface area contributed by atoms with E-state index < -0.39 is 9.62 Å². The van der Waals surface area contributed by atoms with Gasteiger partial charge >= 0.3 is 0 Å². The molecule has 2 saturated heterocycles. The Hall–Kier alpha value is -3.68. The van der Waals surface area contributed by atoms with E-state index in [1.165, 1.54) is 0 Å². The number of likely N-dealkylation sites (tertiary alicyclic amines) is 2. The van der Waals surface area contributed by atoms with E-state index in [0.29, 0.717) is 0 Å². The Kier molecular flexibility index (Phi) is 11.0. The van der Waals surface area contributed by atoms with Crippen LogP contribution >= 0.6 is 23.5 Å². The monoisotopic (exact) mass is 724 g/mol. The van der Waals surface area contributed by atoms with Gasteiger partial charge in [0.2, 0.25) is 11.8 Å². The zero-order chi connectivity index (χ0) is 36.5. The standard InChI is InChI=1S/C41H52N6O2S2/c1-9-27(4)37(48)47-23-11-21-41(47,51-8)38-44-33-20-17-30(24-34(33)45-38)14-13-29-15-18-31(19-16-29)35-25-42-36(43-35)32-12-10-22-46(28(32)5)39(49)40(6,50-7)26(2)3/h15-20,24-28,32H,9-12,21-23H2,1-8H3,(H,42,43)(H,44,45). The van der Waals surface area contributed by atoms with Crippen LogP contribution in [0, 0.1) is 23.7 Å². The van der Waals surface area contributed by atoms with Crippen molar-refractivity contribution in [2.45, 2.75) is 95.2 Å². The summed E-state index contributed by atoms with van der Waals surface area (Å²) in [6.45, 7) is 14.2. The van der Waals surface area contributed by atoms with Gasteiger partial charge in [-0.1, -0.05) is 51.7 Å². The molecular formula is C41H52N6O2S2. The van der Waals surface area contributed by atoms with Crippen molar-refractivity contribution in [3.05, 3.63) is 71.4 Å². The lowest BCUT2D eigenvalue weighted by Gasteiger charge is -2.44. The van der Waals surface area contributed by atoms with Crippen LogP contribution in [0.2, 0.25) is 0 Å². The lowest BCUT2D eigenvalue weighted by atomic mass is 9.87. The second kappa shape index (κ2) is 15.1. The molecule has 0 spiro atoms. The third-order valence-corrected chi connectivity index (χ3v) is 14.3. The van der Waals surface area contributed by atoms with Gasteiger partial charge in [-0.05, 0) is 100 Å². The lowest BCUT2D eigenvalue weighted by molar-refractivity contribution is -0.138. The van der Waals surface area contributed by atoms with E-state index in [1.54, 1.807) is 23.5 Å². The van der Waals surface area contributed by atoms with Crippen LogP contribution < -0.4 is 0 Å². The maximum atomic E-state index is 13.7. The number of nitrogens with zero attached hydrogens (tertiary/aromatic N) is 4. The molecule has 10 heteroatoms. The number of amides is 2. The summed E-state index contributed by atoms with van der Waals surface area (Å²) in [6, 6.07) is 14.4. The molecule has 2 aromatic heterocycles. The van der Waals surface area contributed by atoms with E-state index in [9.17, 15) is 9.59 Å². The Labute approximate surface area is 311 Å². The van der Waals surface area contributed by atoms with Crippen molar-refractivity contribution >= 4 is 46.4 Å². The number of aromatic nitrogens is 4. The van der Waals surface area contributed by atoms with Gasteiger partial charge in [0.05, 0.1) is 27.7 Å².